The molecule has 0 saturated heterocycles. The van der Waals surface area contributed by atoms with Crippen LogP contribution in [0.4, 0.5) is 0 Å². The summed E-state index contributed by atoms with van der Waals surface area (Å²) < 4.78 is 15.3. The first-order chi connectivity index (χ1) is 19.3. The highest BCUT2D eigenvalue weighted by atomic mass is 16.5. The van der Waals surface area contributed by atoms with Crippen LogP contribution in [0.2, 0.25) is 0 Å². The van der Waals surface area contributed by atoms with Crippen LogP contribution in [0, 0.1) is 0 Å². The van der Waals surface area contributed by atoms with Crippen molar-refractivity contribution in [2.24, 2.45) is 7.05 Å². The number of nitrogens with zero attached hydrogens (tertiary/aromatic N) is 2. The molecule has 2 aliphatic rings. The second kappa shape index (κ2) is 12.6. The van der Waals surface area contributed by atoms with E-state index in [0.29, 0.717) is 11.1 Å². The summed E-state index contributed by atoms with van der Waals surface area (Å²) in [5, 5.41) is 22.8. The number of hydrogen-bond acceptors (Lipinski definition) is 4. The van der Waals surface area contributed by atoms with Crippen molar-refractivity contribution in [3.05, 3.63) is 88.5 Å². The standard InChI is InChI=1S/C34H42N2O4/c1-7-9-21-36(22-10-8-2)27-15-11-24(12-16-27)31-33(37)32(34(31,3)38)29-19-17-26(35(29)4)14-13-25-23-28(39-5)18-20-30(25)40-6/h11-20,23,38H,7-10,21-22H2,1-6H3/p+1/b14-13+. The van der Waals surface area contributed by atoms with E-state index in [1.54, 1.807) is 21.1 Å². The van der Waals surface area contributed by atoms with E-state index in [1.165, 1.54) is 5.71 Å². The van der Waals surface area contributed by atoms with Crippen LogP contribution in [0.3, 0.4) is 0 Å². The number of aromatic nitrogens is 1. The molecular formula is C34H43N2O4+. The molecule has 1 heterocycles. The third kappa shape index (κ3) is 5.73. The summed E-state index contributed by atoms with van der Waals surface area (Å²) in [6.45, 7) is 8.26. The predicted molar refractivity (Wildman–Crippen MR) is 164 cm³/mol. The predicted octanol–water partition coefficient (Wildman–Crippen LogP) is 6.72. The van der Waals surface area contributed by atoms with Gasteiger partial charge in [-0.1, -0.05) is 26.7 Å². The molecule has 6 heteroatoms. The highest BCUT2D eigenvalue weighted by Crippen LogP contribution is 2.50. The number of benzene rings is 1. The third-order valence-electron chi connectivity index (χ3n) is 7.82. The fraction of sp³-hybridized carbons (Fsp3) is 0.382. The molecule has 0 fully saturated rings. The number of hydrogen-bond donors (Lipinski definition) is 2. The smallest absolute Gasteiger partial charge is 0.199 e. The van der Waals surface area contributed by atoms with Crippen molar-refractivity contribution in [2.45, 2.75) is 52.1 Å². The molecular weight excluding hydrogens is 500 g/mol. The third-order valence-corrected chi connectivity index (χ3v) is 7.82. The lowest BCUT2D eigenvalue weighted by molar-refractivity contribution is -0.527. The molecule has 212 valence electrons. The van der Waals surface area contributed by atoms with Crippen LogP contribution in [-0.2, 0) is 7.05 Å². The monoisotopic (exact) mass is 543 g/mol. The molecule has 1 unspecified atom stereocenters. The molecule has 6 nitrogen and oxygen atoms in total. The van der Waals surface area contributed by atoms with Gasteiger partial charge in [0.1, 0.15) is 35.9 Å². The van der Waals surface area contributed by atoms with Crippen LogP contribution in [0.25, 0.3) is 17.7 Å². The van der Waals surface area contributed by atoms with Crippen LogP contribution in [0.5, 0.6) is 11.5 Å². The van der Waals surface area contributed by atoms with E-state index in [-0.39, 0.29) is 5.76 Å². The molecule has 1 aromatic carbocycles. The molecule has 1 atom stereocenters. The molecule has 4 rings (SSSR count). The van der Waals surface area contributed by atoms with Gasteiger partial charge in [0.25, 0.3) is 0 Å². The van der Waals surface area contributed by atoms with Gasteiger partial charge in [0.2, 0.25) is 0 Å². The van der Waals surface area contributed by atoms with Crippen molar-refractivity contribution in [1.82, 2.24) is 4.57 Å². The number of aliphatic hydroxyl groups is 2. The molecule has 0 radical (unpaired) electrons. The first kappa shape index (κ1) is 29.2. The minimum Gasteiger partial charge on any atom is -0.507 e. The van der Waals surface area contributed by atoms with Gasteiger partial charge in [-0.3, -0.25) is 0 Å². The number of ether oxygens (including phenoxy) is 2. The maximum Gasteiger partial charge on any atom is 0.199 e. The van der Waals surface area contributed by atoms with E-state index >= 15 is 0 Å². The zero-order chi connectivity index (χ0) is 28.9. The zero-order valence-corrected chi connectivity index (χ0v) is 24.7. The largest absolute Gasteiger partial charge is 0.507 e. The molecule has 0 saturated carbocycles. The number of allylic oxidation sites excluding steroid dienone is 5. The summed E-state index contributed by atoms with van der Waals surface area (Å²) in [4.78, 5) is 0. The van der Waals surface area contributed by atoms with Gasteiger partial charge in [-0.25, -0.2) is 4.58 Å². The highest BCUT2D eigenvalue weighted by molar-refractivity contribution is 6.03. The SMILES string of the molecule is CCCC[N+](CCCC)=C1C=CC(=C2C(O)=C(c3ccc(/C=C/c4cc(OC)ccc4OC)n3C)C2(C)O)C=C1. The number of rotatable bonds is 11. The molecule has 1 aromatic heterocycles. The topological polar surface area (TPSA) is 66.9 Å². The van der Waals surface area contributed by atoms with Crippen LogP contribution < -0.4 is 9.47 Å². The molecule has 0 bridgehead atoms. The van der Waals surface area contributed by atoms with Gasteiger partial charge >= 0.3 is 0 Å². The number of unbranched alkanes of at least 4 members (excludes halogenated alkanes) is 2. The Kier molecular flexibility index (Phi) is 9.21. The van der Waals surface area contributed by atoms with E-state index in [1.807, 2.05) is 66.3 Å². The Bertz CT molecular complexity index is 1400. The maximum atomic E-state index is 11.6. The van der Waals surface area contributed by atoms with Crippen LogP contribution in [-0.4, -0.2) is 58.0 Å². The average molecular weight is 544 g/mol. The summed E-state index contributed by atoms with van der Waals surface area (Å²) in [7, 11) is 5.21. The van der Waals surface area contributed by atoms with Crippen molar-refractivity contribution in [2.75, 3.05) is 27.3 Å². The second-order valence-corrected chi connectivity index (χ2v) is 10.6. The average Bonchev–Trinajstić information content (AvgIpc) is 3.30. The van der Waals surface area contributed by atoms with Crippen LogP contribution in [0.15, 0.2) is 71.5 Å². The van der Waals surface area contributed by atoms with Gasteiger partial charge in [0, 0.05) is 48.9 Å². The normalized spacial score (nSPS) is 18.6. The minimum atomic E-state index is -1.28. The van der Waals surface area contributed by atoms with Crippen molar-refractivity contribution < 1.29 is 24.3 Å². The Morgan fingerprint density at radius 1 is 0.900 bits per heavy atom. The van der Waals surface area contributed by atoms with Gasteiger partial charge in [-0.15, -0.1) is 0 Å². The maximum absolute atomic E-state index is 11.6. The Morgan fingerprint density at radius 3 is 2.15 bits per heavy atom. The minimum absolute atomic E-state index is 0.137. The Hall–Kier alpha value is -3.77. The molecule has 2 aromatic rings. The van der Waals surface area contributed by atoms with Crippen molar-refractivity contribution >= 4 is 23.4 Å². The van der Waals surface area contributed by atoms with Gasteiger partial charge in [-0.05, 0) is 67.1 Å². The molecule has 0 aliphatic heterocycles. The summed E-state index contributed by atoms with van der Waals surface area (Å²) in [6.07, 6.45) is 16.8. The second-order valence-electron chi connectivity index (χ2n) is 10.6. The highest BCUT2D eigenvalue weighted by Gasteiger charge is 2.48. The quantitative estimate of drug-likeness (QED) is 0.309. The number of aliphatic hydroxyl groups excluding tert-OH is 1. The van der Waals surface area contributed by atoms with Crippen molar-refractivity contribution in [1.29, 1.82) is 0 Å². The first-order valence-corrected chi connectivity index (χ1v) is 14.2. The van der Waals surface area contributed by atoms with E-state index in [2.05, 4.69) is 30.6 Å². The molecule has 40 heavy (non-hydrogen) atoms. The van der Waals surface area contributed by atoms with Crippen molar-refractivity contribution in [3.8, 4) is 11.5 Å². The Morgan fingerprint density at radius 2 is 1.57 bits per heavy atom. The Labute approximate surface area is 238 Å². The van der Waals surface area contributed by atoms with Crippen LogP contribution >= 0.6 is 0 Å². The first-order valence-electron chi connectivity index (χ1n) is 14.2. The number of methoxy groups -OCH3 is 2. The molecule has 2 N–H and O–H groups in total. The van der Waals surface area contributed by atoms with Gasteiger partial charge in [0.05, 0.1) is 25.5 Å². The summed E-state index contributed by atoms with van der Waals surface area (Å²) >= 11 is 0. The van der Waals surface area contributed by atoms with Crippen LogP contribution in [0.1, 0.15) is 63.4 Å². The lowest BCUT2D eigenvalue weighted by Crippen LogP contribution is -2.41. The summed E-state index contributed by atoms with van der Waals surface area (Å²) in [5.41, 5.74) is 4.41. The summed E-state index contributed by atoms with van der Waals surface area (Å²) in [6, 6.07) is 9.57. The molecule has 0 spiro atoms. The van der Waals surface area contributed by atoms with E-state index in [9.17, 15) is 10.2 Å². The van der Waals surface area contributed by atoms with Gasteiger partial charge in [-0.2, -0.15) is 0 Å². The lowest BCUT2D eigenvalue weighted by atomic mass is 9.70. The summed E-state index contributed by atoms with van der Waals surface area (Å²) in [5.74, 6) is 1.63. The fourth-order valence-corrected chi connectivity index (χ4v) is 5.43. The van der Waals surface area contributed by atoms with E-state index < -0.39 is 5.60 Å². The van der Waals surface area contributed by atoms with Crippen molar-refractivity contribution in [3.63, 3.8) is 0 Å². The zero-order valence-electron chi connectivity index (χ0n) is 24.7. The van der Waals surface area contributed by atoms with E-state index in [4.69, 9.17) is 9.47 Å². The molecule has 2 aliphatic carbocycles. The lowest BCUT2D eigenvalue weighted by Gasteiger charge is -2.40. The van der Waals surface area contributed by atoms with Gasteiger partial charge < -0.3 is 24.3 Å². The molecule has 0 amide bonds. The van der Waals surface area contributed by atoms with Gasteiger partial charge in [0.15, 0.2) is 5.71 Å². The fourth-order valence-electron chi connectivity index (χ4n) is 5.43. The van der Waals surface area contributed by atoms with E-state index in [0.717, 1.165) is 72.8 Å². The Balaban J connectivity index is 1.62.